The molecule has 0 aromatic rings. The van der Waals surface area contributed by atoms with E-state index in [-0.39, 0.29) is 25.8 Å². The molecule has 0 aromatic heterocycles. The standard InChI is InChI=1S/C16H22N2O7/c1-16(2,3)25-14(22)7-4-10(15(23)24)17-11(19)8-9-18-12(20)5-6-13(18)21/h5-6,10H,4,7-9H2,1-3H3,(H,17,19)(H,23,24)/t10-/m0/s1. The Balaban J connectivity index is 2.45. The van der Waals surface area contributed by atoms with E-state index in [1.165, 1.54) is 0 Å². The van der Waals surface area contributed by atoms with Gasteiger partial charge in [0.25, 0.3) is 11.8 Å². The predicted octanol–water partition coefficient (Wildman–Crippen LogP) is -0.00720. The molecule has 3 amide bonds. The molecule has 1 heterocycles. The Labute approximate surface area is 145 Å². The van der Waals surface area contributed by atoms with Gasteiger partial charge in [0.2, 0.25) is 5.91 Å². The van der Waals surface area contributed by atoms with Crippen molar-refractivity contribution >= 4 is 29.7 Å². The minimum absolute atomic E-state index is 0.126. The highest BCUT2D eigenvalue weighted by atomic mass is 16.6. The molecule has 25 heavy (non-hydrogen) atoms. The molecular formula is C16H22N2O7. The van der Waals surface area contributed by atoms with E-state index in [4.69, 9.17) is 9.84 Å². The van der Waals surface area contributed by atoms with Gasteiger partial charge in [-0.25, -0.2) is 4.79 Å². The number of nitrogens with zero attached hydrogens (tertiary/aromatic N) is 1. The van der Waals surface area contributed by atoms with Crippen molar-refractivity contribution in [3.63, 3.8) is 0 Å². The number of aliphatic carboxylic acids is 1. The predicted molar refractivity (Wildman–Crippen MR) is 85.1 cm³/mol. The SMILES string of the molecule is CC(C)(C)OC(=O)CC[C@H](NC(=O)CCN1C(=O)C=CC1=O)C(=O)O. The highest BCUT2D eigenvalue weighted by Crippen LogP contribution is 2.10. The third-order valence-corrected chi connectivity index (χ3v) is 3.15. The Morgan fingerprint density at radius 2 is 1.72 bits per heavy atom. The topological polar surface area (TPSA) is 130 Å². The van der Waals surface area contributed by atoms with Crippen LogP contribution in [-0.2, 0) is 28.7 Å². The van der Waals surface area contributed by atoms with Gasteiger partial charge in [-0.15, -0.1) is 0 Å². The summed E-state index contributed by atoms with van der Waals surface area (Å²) in [6.45, 7) is 4.93. The molecule has 1 aliphatic heterocycles. The lowest BCUT2D eigenvalue weighted by Crippen LogP contribution is -2.43. The molecule has 9 heteroatoms. The summed E-state index contributed by atoms with van der Waals surface area (Å²) in [4.78, 5) is 58.3. The molecule has 0 aromatic carbocycles. The normalized spacial score (nSPS) is 15.2. The average Bonchev–Trinajstić information content (AvgIpc) is 2.78. The lowest BCUT2D eigenvalue weighted by atomic mass is 10.1. The number of imide groups is 1. The summed E-state index contributed by atoms with van der Waals surface area (Å²) in [5, 5.41) is 11.4. The van der Waals surface area contributed by atoms with Gasteiger partial charge in [-0.1, -0.05) is 0 Å². The van der Waals surface area contributed by atoms with Crippen molar-refractivity contribution in [2.75, 3.05) is 6.54 Å². The van der Waals surface area contributed by atoms with E-state index >= 15 is 0 Å². The number of hydrogen-bond acceptors (Lipinski definition) is 6. The van der Waals surface area contributed by atoms with Gasteiger partial charge in [-0.2, -0.15) is 0 Å². The number of rotatable bonds is 8. The Kier molecular flexibility index (Phi) is 6.84. The number of carbonyl (C=O) groups is 5. The maximum absolute atomic E-state index is 11.8. The van der Waals surface area contributed by atoms with E-state index < -0.39 is 41.3 Å². The maximum atomic E-state index is 11.8. The Morgan fingerprint density at radius 1 is 1.16 bits per heavy atom. The smallest absolute Gasteiger partial charge is 0.326 e. The van der Waals surface area contributed by atoms with Crippen LogP contribution >= 0.6 is 0 Å². The van der Waals surface area contributed by atoms with Gasteiger partial charge < -0.3 is 15.2 Å². The zero-order valence-corrected chi connectivity index (χ0v) is 14.4. The van der Waals surface area contributed by atoms with Crippen LogP contribution in [0.2, 0.25) is 0 Å². The second kappa shape index (κ2) is 8.41. The molecule has 0 spiro atoms. The van der Waals surface area contributed by atoms with E-state index in [0.717, 1.165) is 17.1 Å². The summed E-state index contributed by atoms with van der Waals surface area (Å²) in [7, 11) is 0. The second-order valence-corrected chi connectivity index (χ2v) is 6.49. The fraction of sp³-hybridized carbons (Fsp3) is 0.562. The fourth-order valence-electron chi connectivity index (χ4n) is 2.04. The van der Waals surface area contributed by atoms with Crippen molar-refractivity contribution in [2.24, 2.45) is 0 Å². The molecule has 0 fully saturated rings. The van der Waals surface area contributed by atoms with Crippen LogP contribution in [0.1, 0.15) is 40.0 Å². The molecule has 2 N–H and O–H groups in total. The number of ether oxygens (including phenoxy) is 1. The Bertz CT molecular complexity index is 586. The van der Waals surface area contributed by atoms with Crippen LogP contribution in [0.4, 0.5) is 0 Å². The van der Waals surface area contributed by atoms with Crippen molar-refractivity contribution < 1.29 is 33.8 Å². The Morgan fingerprint density at radius 3 is 2.20 bits per heavy atom. The molecule has 0 saturated heterocycles. The summed E-state index contributed by atoms with van der Waals surface area (Å²) in [5.41, 5.74) is -0.679. The van der Waals surface area contributed by atoms with Crippen LogP contribution in [0.5, 0.6) is 0 Å². The quantitative estimate of drug-likeness (QED) is 0.463. The van der Waals surface area contributed by atoms with Crippen LogP contribution < -0.4 is 5.32 Å². The van der Waals surface area contributed by atoms with Crippen molar-refractivity contribution in [1.29, 1.82) is 0 Å². The molecule has 1 atom stereocenters. The summed E-state index contributed by atoms with van der Waals surface area (Å²) in [6.07, 6.45) is 1.68. The third kappa shape index (κ3) is 7.15. The fourth-order valence-corrected chi connectivity index (χ4v) is 2.04. The summed E-state index contributed by atoms with van der Waals surface area (Å²) < 4.78 is 5.08. The van der Waals surface area contributed by atoms with Gasteiger partial charge >= 0.3 is 11.9 Å². The number of amides is 3. The molecule has 0 radical (unpaired) electrons. The van der Waals surface area contributed by atoms with E-state index in [0.29, 0.717) is 0 Å². The molecule has 1 aliphatic rings. The van der Waals surface area contributed by atoms with Crippen LogP contribution in [0.25, 0.3) is 0 Å². The van der Waals surface area contributed by atoms with Gasteiger partial charge in [-0.3, -0.25) is 24.1 Å². The first-order valence-electron chi connectivity index (χ1n) is 7.77. The molecule has 0 saturated carbocycles. The van der Waals surface area contributed by atoms with E-state index in [1.807, 2.05) is 0 Å². The molecule has 138 valence electrons. The van der Waals surface area contributed by atoms with Crippen molar-refractivity contribution in [3.8, 4) is 0 Å². The van der Waals surface area contributed by atoms with Gasteiger partial charge in [0.05, 0.1) is 0 Å². The highest BCUT2D eigenvalue weighted by molar-refractivity contribution is 6.13. The zero-order valence-electron chi connectivity index (χ0n) is 14.4. The number of esters is 1. The second-order valence-electron chi connectivity index (χ2n) is 6.49. The van der Waals surface area contributed by atoms with Crippen molar-refractivity contribution in [3.05, 3.63) is 12.2 Å². The molecule has 0 bridgehead atoms. The Hall–Kier alpha value is -2.71. The van der Waals surface area contributed by atoms with Crippen LogP contribution in [0.3, 0.4) is 0 Å². The minimum Gasteiger partial charge on any atom is -0.480 e. The number of carbonyl (C=O) groups excluding carboxylic acids is 4. The summed E-state index contributed by atoms with van der Waals surface area (Å²) >= 11 is 0. The molecular weight excluding hydrogens is 332 g/mol. The number of carboxylic acid groups (broad SMARTS) is 1. The summed E-state index contributed by atoms with van der Waals surface area (Å²) in [5.74, 6) is -3.52. The molecule has 0 aliphatic carbocycles. The number of nitrogens with one attached hydrogen (secondary N) is 1. The third-order valence-electron chi connectivity index (χ3n) is 3.15. The zero-order chi connectivity index (χ0) is 19.2. The van der Waals surface area contributed by atoms with E-state index in [9.17, 15) is 24.0 Å². The average molecular weight is 354 g/mol. The van der Waals surface area contributed by atoms with Gasteiger partial charge in [-0.05, 0) is 27.2 Å². The first-order valence-corrected chi connectivity index (χ1v) is 7.77. The minimum atomic E-state index is -1.29. The molecule has 0 unspecified atom stereocenters. The van der Waals surface area contributed by atoms with Gasteiger partial charge in [0.1, 0.15) is 11.6 Å². The van der Waals surface area contributed by atoms with Gasteiger partial charge in [0, 0.05) is 31.5 Å². The van der Waals surface area contributed by atoms with E-state index in [1.54, 1.807) is 20.8 Å². The largest absolute Gasteiger partial charge is 0.480 e. The van der Waals surface area contributed by atoms with Gasteiger partial charge in [0.15, 0.2) is 0 Å². The van der Waals surface area contributed by atoms with Crippen molar-refractivity contribution in [2.45, 2.75) is 51.7 Å². The molecule has 9 nitrogen and oxygen atoms in total. The highest BCUT2D eigenvalue weighted by Gasteiger charge is 2.26. The van der Waals surface area contributed by atoms with E-state index in [2.05, 4.69) is 5.32 Å². The first kappa shape index (κ1) is 20.3. The van der Waals surface area contributed by atoms with Crippen molar-refractivity contribution in [1.82, 2.24) is 10.2 Å². The first-order chi connectivity index (χ1) is 11.5. The lowest BCUT2D eigenvalue weighted by molar-refractivity contribution is -0.155. The maximum Gasteiger partial charge on any atom is 0.326 e. The van der Waals surface area contributed by atoms with Crippen LogP contribution in [0, 0.1) is 0 Å². The lowest BCUT2D eigenvalue weighted by Gasteiger charge is -2.20. The monoisotopic (exact) mass is 354 g/mol. The number of hydrogen-bond donors (Lipinski definition) is 2. The molecule has 1 rings (SSSR count). The summed E-state index contributed by atoms with van der Waals surface area (Å²) in [6, 6.07) is -1.26. The number of carboxylic acids is 1. The van der Waals surface area contributed by atoms with Crippen LogP contribution in [-0.4, -0.2) is 57.9 Å². The van der Waals surface area contributed by atoms with Crippen LogP contribution in [0.15, 0.2) is 12.2 Å².